The van der Waals surface area contributed by atoms with E-state index in [0.29, 0.717) is 13.1 Å². The van der Waals surface area contributed by atoms with Crippen LogP contribution in [0.3, 0.4) is 0 Å². The van der Waals surface area contributed by atoms with Gasteiger partial charge in [-0.2, -0.15) is 0 Å². The molecule has 0 aliphatic carbocycles. The number of Topliss-reactive ketones (excluding diaryl/α,β-unsaturated/α-hetero) is 1. The Balaban J connectivity index is 1.31. The SMILES string of the molecule is Cc1cccc(C)c1NC(=O)CN1CCN(CC(=O)c2cc(C)n([C@H](C)c3ccccc3)c2C)CC1. The predicted octanol–water partition coefficient (Wildman–Crippen LogP) is 4.77. The monoisotopic (exact) mass is 486 g/mol. The summed E-state index contributed by atoms with van der Waals surface area (Å²) in [7, 11) is 0. The predicted molar refractivity (Wildman–Crippen MR) is 146 cm³/mol. The molecule has 190 valence electrons. The van der Waals surface area contributed by atoms with Gasteiger partial charge in [0.25, 0.3) is 0 Å². The first-order chi connectivity index (χ1) is 17.2. The van der Waals surface area contributed by atoms with E-state index in [4.69, 9.17) is 0 Å². The van der Waals surface area contributed by atoms with Gasteiger partial charge in [-0.25, -0.2) is 0 Å². The smallest absolute Gasteiger partial charge is 0.238 e. The molecular weight excluding hydrogens is 448 g/mol. The van der Waals surface area contributed by atoms with E-state index in [2.05, 4.69) is 57.8 Å². The molecule has 6 nitrogen and oxygen atoms in total. The Morgan fingerprint density at radius 2 is 1.42 bits per heavy atom. The fourth-order valence-electron chi connectivity index (χ4n) is 5.32. The molecule has 2 aromatic carbocycles. The molecular formula is C30H38N4O2. The molecule has 0 bridgehead atoms. The summed E-state index contributed by atoms with van der Waals surface area (Å²) in [6.45, 7) is 14.2. The molecule has 1 N–H and O–H groups in total. The summed E-state index contributed by atoms with van der Waals surface area (Å²) in [5.74, 6) is 0.174. The van der Waals surface area contributed by atoms with Crippen LogP contribution < -0.4 is 5.32 Å². The van der Waals surface area contributed by atoms with Gasteiger partial charge >= 0.3 is 0 Å². The minimum absolute atomic E-state index is 0.0110. The lowest BCUT2D eigenvalue weighted by molar-refractivity contribution is -0.117. The Hall–Kier alpha value is -3.22. The Morgan fingerprint density at radius 3 is 2.03 bits per heavy atom. The second-order valence-corrected chi connectivity index (χ2v) is 10.0. The number of benzene rings is 2. The Kier molecular flexibility index (Phi) is 8.07. The van der Waals surface area contributed by atoms with E-state index in [1.165, 1.54) is 5.56 Å². The minimum Gasteiger partial charge on any atom is -0.341 e. The van der Waals surface area contributed by atoms with E-state index in [0.717, 1.165) is 59.9 Å². The molecule has 36 heavy (non-hydrogen) atoms. The molecule has 1 aliphatic rings. The van der Waals surface area contributed by atoms with Crippen molar-refractivity contribution in [2.75, 3.05) is 44.6 Å². The van der Waals surface area contributed by atoms with Crippen LogP contribution in [0.1, 0.15) is 51.4 Å². The summed E-state index contributed by atoms with van der Waals surface area (Å²) < 4.78 is 2.26. The number of nitrogens with zero attached hydrogens (tertiary/aromatic N) is 3. The summed E-state index contributed by atoms with van der Waals surface area (Å²) >= 11 is 0. The van der Waals surface area contributed by atoms with Crippen LogP contribution in [0.5, 0.6) is 0 Å². The molecule has 1 amide bonds. The number of carbonyl (C=O) groups excluding carboxylic acids is 2. The maximum atomic E-state index is 13.3. The van der Waals surface area contributed by atoms with Gasteiger partial charge in [0.05, 0.1) is 19.1 Å². The second kappa shape index (κ2) is 11.2. The van der Waals surface area contributed by atoms with Gasteiger partial charge in [0.15, 0.2) is 5.78 Å². The van der Waals surface area contributed by atoms with Crippen LogP contribution in [0.4, 0.5) is 5.69 Å². The normalized spacial score (nSPS) is 15.6. The van der Waals surface area contributed by atoms with E-state index >= 15 is 0 Å². The number of nitrogens with one attached hydrogen (secondary N) is 1. The van der Waals surface area contributed by atoms with Crippen LogP contribution in [-0.2, 0) is 4.79 Å². The number of para-hydroxylation sites is 1. The van der Waals surface area contributed by atoms with Gasteiger partial charge in [-0.05, 0) is 57.4 Å². The quantitative estimate of drug-likeness (QED) is 0.466. The average molecular weight is 487 g/mol. The standard InChI is InChI=1S/C30H38N4O2/c1-21-10-9-11-22(2)30(21)31-29(36)20-33-16-14-32(15-17-33)19-28(35)27-18-23(3)34(25(27)5)24(4)26-12-7-6-8-13-26/h6-13,18,24H,14-17,19-20H2,1-5H3,(H,31,36)/t24-/m1/s1. The fraction of sp³-hybridized carbons (Fsp3) is 0.400. The van der Waals surface area contributed by atoms with Crippen LogP contribution in [0.2, 0.25) is 0 Å². The van der Waals surface area contributed by atoms with Crippen LogP contribution in [-0.4, -0.2) is 65.3 Å². The van der Waals surface area contributed by atoms with Crippen molar-refractivity contribution in [3.63, 3.8) is 0 Å². The first-order valence-electron chi connectivity index (χ1n) is 12.8. The highest BCUT2D eigenvalue weighted by molar-refractivity contribution is 5.99. The molecule has 6 heteroatoms. The molecule has 1 aromatic heterocycles. The summed E-state index contributed by atoms with van der Waals surface area (Å²) in [4.78, 5) is 30.3. The lowest BCUT2D eigenvalue weighted by Crippen LogP contribution is -2.49. The molecule has 0 unspecified atom stereocenters. The summed E-state index contributed by atoms with van der Waals surface area (Å²) in [5, 5.41) is 3.07. The fourth-order valence-corrected chi connectivity index (χ4v) is 5.32. The van der Waals surface area contributed by atoms with Crippen molar-refractivity contribution in [3.05, 3.63) is 88.2 Å². The third kappa shape index (κ3) is 5.77. The number of anilines is 1. The zero-order chi connectivity index (χ0) is 25.8. The summed E-state index contributed by atoms with van der Waals surface area (Å²) in [6, 6.07) is 18.6. The highest BCUT2D eigenvalue weighted by Gasteiger charge is 2.24. The van der Waals surface area contributed by atoms with Gasteiger partial charge in [-0.3, -0.25) is 19.4 Å². The second-order valence-electron chi connectivity index (χ2n) is 10.0. The molecule has 1 aliphatic heterocycles. The molecule has 1 saturated heterocycles. The molecule has 4 rings (SSSR count). The molecule has 1 atom stereocenters. The van der Waals surface area contributed by atoms with Crippen molar-refractivity contribution in [2.24, 2.45) is 0 Å². The van der Waals surface area contributed by atoms with Gasteiger partial charge in [0.2, 0.25) is 5.91 Å². The number of piperazine rings is 1. The highest BCUT2D eigenvalue weighted by atomic mass is 16.2. The van der Waals surface area contributed by atoms with Crippen molar-refractivity contribution < 1.29 is 9.59 Å². The Morgan fingerprint density at radius 1 is 0.833 bits per heavy atom. The van der Waals surface area contributed by atoms with Crippen LogP contribution >= 0.6 is 0 Å². The topological polar surface area (TPSA) is 57.6 Å². The molecule has 3 aromatic rings. The van der Waals surface area contributed by atoms with Crippen molar-refractivity contribution in [1.82, 2.24) is 14.4 Å². The van der Waals surface area contributed by atoms with Crippen LogP contribution in [0, 0.1) is 27.7 Å². The van der Waals surface area contributed by atoms with Gasteiger partial charge < -0.3 is 9.88 Å². The number of aryl methyl sites for hydroxylation is 3. The first-order valence-corrected chi connectivity index (χ1v) is 12.8. The summed E-state index contributed by atoms with van der Waals surface area (Å²) in [6.07, 6.45) is 0. The number of hydrogen-bond acceptors (Lipinski definition) is 4. The molecule has 1 fully saturated rings. The Labute approximate surface area is 214 Å². The third-order valence-electron chi connectivity index (χ3n) is 7.40. The minimum atomic E-state index is 0.0110. The van der Waals surface area contributed by atoms with E-state index in [1.54, 1.807) is 0 Å². The largest absolute Gasteiger partial charge is 0.341 e. The van der Waals surface area contributed by atoms with E-state index < -0.39 is 0 Å². The number of hydrogen-bond donors (Lipinski definition) is 1. The van der Waals surface area contributed by atoms with Crippen molar-refractivity contribution in [3.8, 4) is 0 Å². The van der Waals surface area contributed by atoms with E-state index in [9.17, 15) is 9.59 Å². The van der Waals surface area contributed by atoms with Gasteiger partial charge in [-0.15, -0.1) is 0 Å². The Bertz CT molecular complexity index is 1200. The first kappa shape index (κ1) is 25.9. The molecule has 0 saturated carbocycles. The molecule has 2 heterocycles. The highest BCUT2D eigenvalue weighted by Crippen LogP contribution is 2.26. The lowest BCUT2D eigenvalue weighted by Gasteiger charge is -2.33. The third-order valence-corrected chi connectivity index (χ3v) is 7.40. The number of rotatable bonds is 8. The van der Waals surface area contributed by atoms with Crippen LogP contribution in [0.15, 0.2) is 54.6 Å². The van der Waals surface area contributed by atoms with Gasteiger partial charge in [0, 0.05) is 48.8 Å². The number of amides is 1. The van der Waals surface area contributed by atoms with Crippen LogP contribution in [0.25, 0.3) is 0 Å². The lowest BCUT2D eigenvalue weighted by atomic mass is 10.1. The zero-order valence-electron chi connectivity index (χ0n) is 22.2. The number of carbonyl (C=O) groups is 2. The van der Waals surface area contributed by atoms with Crippen molar-refractivity contribution >= 4 is 17.4 Å². The average Bonchev–Trinajstić information content (AvgIpc) is 3.16. The maximum absolute atomic E-state index is 13.3. The number of aromatic nitrogens is 1. The van der Waals surface area contributed by atoms with Gasteiger partial charge in [0.1, 0.15) is 0 Å². The number of ketones is 1. The zero-order valence-corrected chi connectivity index (χ0v) is 22.2. The summed E-state index contributed by atoms with van der Waals surface area (Å²) in [5.41, 5.74) is 7.23. The van der Waals surface area contributed by atoms with Gasteiger partial charge in [-0.1, -0.05) is 48.5 Å². The molecule has 0 radical (unpaired) electrons. The van der Waals surface area contributed by atoms with Crippen molar-refractivity contribution in [2.45, 2.75) is 40.7 Å². The van der Waals surface area contributed by atoms with E-state index in [1.807, 2.05) is 51.1 Å². The van der Waals surface area contributed by atoms with Crippen molar-refractivity contribution in [1.29, 1.82) is 0 Å². The maximum Gasteiger partial charge on any atom is 0.238 e. The molecule has 0 spiro atoms. The van der Waals surface area contributed by atoms with E-state index in [-0.39, 0.29) is 17.7 Å².